The number of carbonyl (C=O) groups excluding carboxylic acids is 2. The average Bonchev–Trinajstić information content (AvgIpc) is 3.39. The Kier molecular flexibility index (Phi) is 7.40. The van der Waals surface area contributed by atoms with Crippen molar-refractivity contribution in [1.82, 2.24) is 25.2 Å². The van der Waals surface area contributed by atoms with Crippen LogP contribution in [0.5, 0.6) is 0 Å². The number of rotatable bonds is 10. The molecule has 0 unspecified atom stereocenters. The fourth-order valence-corrected chi connectivity index (χ4v) is 4.56. The lowest BCUT2D eigenvalue weighted by Crippen LogP contribution is -2.40. The first kappa shape index (κ1) is 25.4. The van der Waals surface area contributed by atoms with Gasteiger partial charge in [0.05, 0.1) is 11.1 Å². The predicted octanol–water partition coefficient (Wildman–Crippen LogP) is 3.14. The van der Waals surface area contributed by atoms with Gasteiger partial charge >= 0.3 is 6.03 Å². The van der Waals surface area contributed by atoms with Crippen molar-refractivity contribution in [3.8, 4) is 10.6 Å². The number of carbonyl (C=O) groups is 2. The molecule has 3 amide bonds. The van der Waals surface area contributed by atoms with Crippen molar-refractivity contribution in [2.24, 2.45) is 0 Å². The highest BCUT2D eigenvalue weighted by Gasteiger charge is 2.43. The molecule has 36 heavy (non-hydrogen) atoms. The molecule has 0 saturated carbocycles. The Morgan fingerprint density at radius 1 is 1.17 bits per heavy atom. The van der Waals surface area contributed by atoms with Crippen molar-refractivity contribution in [3.05, 3.63) is 48.3 Å². The molecule has 0 radical (unpaired) electrons. The van der Waals surface area contributed by atoms with Crippen molar-refractivity contribution in [3.63, 3.8) is 0 Å². The van der Waals surface area contributed by atoms with E-state index in [4.69, 9.17) is 0 Å². The molecule has 190 valence electrons. The van der Waals surface area contributed by atoms with Crippen LogP contribution >= 0.6 is 11.3 Å². The minimum absolute atomic E-state index is 0.0341. The number of hydrogen-bond donors (Lipinski definition) is 3. The van der Waals surface area contributed by atoms with Gasteiger partial charge in [-0.3, -0.25) is 9.69 Å². The zero-order chi connectivity index (χ0) is 25.9. The Bertz CT molecular complexity index is 1250. The number of hydrogen-bond acceptors (Lipinski definition) is 9. The minimum Gasteiger partial charge on any atom is -0.396 e. The molecule has 1 fully saturated rings. The molecule has 2 aromatic heterocycles. The third-order valence-corrected chi connectivity index (χ3v) is 6.47. The third kappa shape index (κ3) is 5.41. The summed E-state index contributed by atoms with van der Waals surface area (Å²) in [6.45, 7) is 3.91. The molecule has 1 aromatic carbocycles. The van der Waals surface area contributed by atoms with E-state index in [-0.39, 0.29) is 43.1 Å². The monoisotopic (exact) mass is 517 g/mol. The van der Waals surface area contributed by atoms with Crippen molar-refractivity contribution < 1.29 is 23.5 Å². The summed E-state index contributed by atoms with van der Waals surface area (Å²) in [5.74, 6) is -1.22. The molecule has 1 saturated heterocycles. The van der Waals surface area contributed by atoms with E-state index in [0.29, 0.717) is 28.7 Å². The average molecular weight is 518 g/mol. The van der Waals surface area contributed by atoms with E-state index >= 15 is 0 Å². The number of nitrogens with zero attached hydrogens (tertiary/aromatic N) is 5. The van der Waals surface area contributed by atoms with E-state index in [9.17, 15) is 23.5 Å². The van der Waals surface area contributed by atoms with E-state index in [2.05, 4.69) is 25.6 Å². The van der Waals surface area contributed by atoms with Crippen molar-refractivity contribution in [2.75, 3.05) is 36.5 Å². The second-order valence-electron chi connectivity index (χ2n) is 8.54. The fourth-order valence-electron chi connectivity index (χ4n) is 3.61. The quantitative estimate of drug-likeness (QED) is 0.351. The molecule has 3 aromatic rings. The summed E-state index contributed by atoms with van der Waals surface area (Å²) >= 11 is 1.19. The summed E-state index contributed by atoms with van der Waals surface area (Å²) in [5, 5.41) is 15.3. The molecule has 0 bridgehead atoms. The smallest absolute Gasteiger partial charge is 0.325 e. The van der Waals surface area contributed by atoms with Gasteiger partial charge in [-0.2, -0.15) is 0 Å². The van der Waals surface area contributed by atoms with Gasteiger partial charge in [0.2, 0.25) is 5.95 Å². The maximum atomic E-state index is 14.6. The van der Waals surface area contributed by atoms with Gasteiger partial charge in [-0.25, -0.2) is 28.5 Å². The molecule has 4 rings (SSSR count). The van der Waals surface area contributed by atoms with Gasteiger partial charge in [0.15, 0.2) is 10.9 Å². The Morgan fingerprint density at radius 2 is 1.92 bits per heavy atom. The number of amides is 3. The molecular formula is C23H25F2N7O3S. The summed E-state index contributed by atoms with van der Waals surface area (Å²) in [5.41, 5.74) is -0.243. The highest BCUT2D eigenvalue weighted by molar-refractivity contribution is 7.18. The molecule has 0 aliphatic carbocycles. The van der Waals surface area contributed by atoms with Crippen molar-refractivity contribution in [1.29, 1.82) is 0 Å². The molecular weight excluding hydrogens is 492 g/mol. The molecule has 13 heteroatoms. The third-order valence-electron chi connectivity index (χ3n) is 5.44. The summed E-state index contributed by atoms with van der Waals surface area (Å²) in [6.07, 6.45) is 2.97. The largest absolute Gasteiger partial charge is 0.396 e. The second-order valence-corrected chi connectivity index (χ2v) is 9.55. The Hall–Kier alpha value is -3.71. The number of thiazole rings is 1. The van der Waals surface area contributed by atoms with Crippen LogP contribution in [0.25, 0.3) is 10.6 Å². The molecule has 3 heterocycles. The van der Waals surface area contributed by atoms with Gasteiger partial charge in [-0.15, -0.1) is 0 Å². The van der Waals surface area contributed by atoms with Crippen LogP contribution in [0, 0.1) is 11.6 Å². The number of aromatic nitrogens is 3. The first-order valence-electron chi connectivity index (χ1n) is 11.2. The van der Waals surface area contributed by atoms with Crippen LogP contribution in [-0.2, 0) is 4.79 Å². The van der Waals surface area contributed by atoms with Crippen LogP contribution in [0.2, 0.25) is 0 Å². The number of benzene rings is 1. The van der Waals surface area contributed by atoms with Crippen LogP contribution in [-0.4, -0.2) is 68.7 Å². The van der Waals surface area contributed by atoms with Crippen LogP contribution in [0.3, 0.4) is 0 Å². The van der Waals surface area contributed by atoms with Gasteiger partial charge < -0.3 is 20.6 Å². The summed E-state index contributed by atoms with van der Waals surface area (Å²) < 4.78 is 28.0. The highest BCUT2D eigenvalue weighted by atomic mass is 32.1. The summed E-state index contributed by atoms with van der Waals surface area (Å²) in [6, 6.07) is 5.40. The van der Waals surface area contributed by atoms with Gasteiger partial charge in [-0.05, 0) is 44.5 Å². The van der Waals surface area contributed by atoms with Gasteiger partial charge in [0.1, 0.15) is 17.1 Å². The zero-order valence-corrected chi connectivity index (χ0v) is 20.5. The van der Waals surface area contributed by atoms with Crippen molar-refractivity contribution in [2.45, 2.75) is 25.8 Å². The summed E-state index contributed by atoms with van der Waals surface area (Å²) in [7, 11) is 0. The fraction of sp³-hybridized carbons (Fsp3) is 0.348. The van der Waals surface area contributed by atoms with E-state index in [1.165, 1.54) is 29.7 Å². The van der Waals surface area contributed by atoms with E-state index < -0.39 is 17.4 Å². The number of anilines is 3. The number of nitrogens with one attached hydrogen (secondary N) is 2. The van der Waals surface area contributed by atoms with Gasteiger partial charge in [0.25, 0.3) is 5.91 Å². The number of aliphatic hydroxyl groups is 1. The van der Waals surface area contributed by atoms with Crippen LogP contribution < -0.4 is 15.5 Å². The minimum atomic E-state index is -0.959. The van der Waals surface area contributed by atoms with Crippen LogP contribution in [0.15, 0.2) is 36.7 Å². The number of imide groups is 1. The molecule has 0 atom stereocenters. The van der Waals surface area contributed by atoms with Crippen molar-refractivity contribution >= 4 is 40.0 Å². The first-order valence-corrected chi connectivity index (χ1v) is 12.0. The van der Waals surface area contributed by atoms with Crippen LogP contribution in [0.4, 0.5) is 30.3 Å². The van der Waals surface area contributed by atoms with Crippen LogP contribution in [0.1, 0.15) is 20.3 Å². The standard InChI is InChI=1S/C23H25F2N7O3S/c1-23(2)19(34)32(21(35)30-23)10-8-26-20-27-12-16(25)18(29-20)17-13-28-22(36-17)31(9-3-11-33)15-6-4-14(24)5-7-15/h4-7,12-13,33H,3,8-11H2,1-2H3,(H,30,35)(H,26,27,29). The normalized spacial score (nSPS) is 14.8. The second kappa shape index (κ2) is 10.5. The Labute approximate surface area is 210 Å². The van der Waals surface area contributed by atoms with E-state index in [1.54, 1.807) is 26.0 Å². The SMILES string of the molecule is CC1(C)NC(=O)N(CCNc2ncc(F)c(-c3cnc(N(CCCO)c4ccc(F)cc4)s3)n2)C1=O. The lowest BCUT2D eigenvalue weighted by Gasteiger charge is -2.21. The molecule has 1 aliphatic heterocycles. The topological polar surface area (TPSA) is 124 Å². The number of urea groups is 1. The number of halogens is 2. The van der Waals surface area contributed by atoms with Gasteiger partial charge in [-0.1, -0.05) is 11.3 Å². The molecule has 3 N–H and O–H groups in total. The van der Waals surface area contributed by atoms with E-state index in [1.807, 2.05) is 4.90 Å². The zero-order valence-electron chi connectivity index (χ0n) is 19.7. The first-order chi connectivity index (χ1) is 17.2. The van der Waals surface area contributed by atoms with Gasteiger partial charge in [0, 0.05) is 38.1 Å². The summed E-state index contributed by atoms with van der Waals surface area (Å²) in [4.78, 5) is 40.3. The highest BCUT2D eigenvalue weighted by Crippen LogP contribution is 2.35. The maximum Gasteiger partial charge on any atom is 0.325 e. The molecule has 0 spiro atoms. The predicted molar refractivity (Wildman–Crippen MR) is 131 cm³/mol. The Morgan fingerprint density at radius 3 is 2.58 bits per heavy atom. The number of aliphatic hydroxyl groups excluding tert-OH is 1. The molecule has 10 nitrogen and oxygen atoms in total. The Balaban J connectivity index is 1.49. The maximum absolute atomic E-state index is 14.6. The lowest BCUT2D eigenvalue weighted by atomic mass is 10.1. The van der Waals surface area contributed by atoms with E-state index in [0.717, 1.165) is 11.1 Å². The lowest BCUT2D eigenvalue weighted by molar-refractivity contribution is -0.130. The molecule has 1 aliphatic rings.